The molecule has 3 aliphatic heterocycles. The second-order valence-electron chi connectivity index (χ2n) is 9.53. The van der Waals surface area contributed by atoms with Crippen LogP contribution < -0.4 is 4.74 Å². The van der Waals surface area contributed by atoms with Crippen LogP contribution in [-0.4, -0.2) is 71.1 Å². The molecule has 2 amide bonds. The molecule has 0 spiro atoms. The van der Waals surface area contributed by atoms with E-state index < -0.39 is 6.04 Å². The van der Waals surface area contributed by atoms with Gasteiger partial charge in [0, 0.05) is 31.9 Å². The van der Waals surface area contributed by atoms with E-state index in [1.165, 1.54) is 11.8 Å². The zero-order valence-electron chi connectivity index (χ0n) is 22.6. The van der Waals surface area contributed by atoms with E-state index in [1.807, 2.05) is 90.6 Å². The predicted octanol–water partition coefficient (Wildman–Crippen LogP) is 5.17. The maximum Gasteiger partial charge on any atom is 0.254 e. The number of carbonyl (C=O) groups is 2. The summed E-state index contributed by atoms with van der Waals surface area (Å²) in [6.45, 7) is 9.34. The molecule has 0 saturated carbocycles. The molecule has 0 radical (unpaired) electrons. The van der Waals surface area contributed by atoms with Gasteiger partial charge >= 0.3 is 0 Å². The highest BCUT2D eigenvalue weighted by Crippen LogP contribution is 2.45. The first kappa shape index (κ1) is 27.0. The van der Waals surface area contributed by atoms with Crippen LogP contribution in [0.2, 0.25) is 0 Å². The number of carbonyl (C=O) groups excluding carboxylic acids is 2. The van der Waals surface area contributed by atoms with Gasteiger partial charge in [-0.2, -0.15) is 0 Å². The van der Waals surface area contributed by atoms with Crippen LogP contribution in [-0.2, 0) is 14.3 Å². The minimum Gasteiger partial charge on any atom is -0.457 e. The molecule has 0 bridgehead atoms. The molecule has 0 aliphatic carbocycles. The second-order valence-corrected chi connectivity index (χ2v) is 10.4. The van der Waals surface area contributed by atoms with Crippen molar-refractivity contribution in [2.24, 2.45) is 4.99 Å². The number of allylic oxidation sites excluding steroid dienone is 1. The van der Waals surface area contributed by atoms with Gasteiger partial charge in [0.2, 0.25) is 5.91 Å². The Bertz CT molecular complexity index is 1310. The SMILES string of the molecule is CCN(CC)C(=O)C1=C(C)N=C2SC=C(CC(=O)N3CCOCC3)N2C1c1cccc(Oc2ccccc2)c1. The normalized spacial score (nSPS) is 18.9. The van der Waals surface area contributed by atoms with Gasteiger partial charge in [-0.3, -0.25) is 9.59 Å². The fourth-order valence-corrected chi connectivity index (χ4v) is 6.06. The molecule has 3 heterocycles. The first-order valence-corrected chi connectivity index (χ1v) is 14.3. The summed E-state index contributed by atoms with van der Waals surface area (Å²) in [7, 11) is 0. The van der Waals surface area contributed by atoms with E-state index in [-0.39, 0.29) is 18.2 Å². The zero-order chi connectivity index (χ0) is 27.4. The molecular weight excluding hydrogens is 512 g/mol. The number of benzene rings is 2. The number of amidine groups is 1. The third-order valence-corrected chi connectivity index (χ3v) is 8.02. The lowest BCUT2D eigenvalue weighted by Crippen LogP contribution is -2.43. The van der Waals surface area contributed by atoms with Crippen molar-refractivity contribution < 1.29 is 19.1 Å². The predicted molar refractivity (Wildman–Crippen MR) is 153 cm³/mol. The first-order chi connectivity index (χ1) is 19.0. The minimum absolute atomic E-state index is 0.0459. The molecule has 3 aliphatic rings. The Kier molecular flexibility index (Phi) is 8.38. The van der Waals surface area contributed by atoms with E-state index in [1.54, 1.807) is 0 Å². The number of morpholine rings is 1. The monoisotopic (exact) mass is 546 g/mol. The number of aliphatic imine (C=N–C) groups is 1. The summed E-state index contributed by atoms with van der Waals surface area (Å²) >= 11 is 1.49. The number of amides is 2. The standard InChI is InChI=1S/C30H34N4O4S/c1-4-32(5-2)29(36)27-21(3)31-30-34(23(20-39-30)19-26(35)33-14-16-37-17-15-33)28(27)22-10-9-13-25(18-22)38-24-11-7-6-8-12-24/h6-13,18,20,28H,4-5,14-17,19H2,1-3H3. The van der Waals surface area contributed by atoms with Gasteiger partial charge in [-0.1, -0.05) is 42.1 Å². The summed E-state index contributed by atoms with van der Waals surface area (Å²) in [5.74, 6) is 1.42. The van der Waals surface area contributed by atoms with E-state index in [4.69, 9.17) is 14.5 Å². The van der Waals surface area contributed by atoms with Crippen LogP contribution in [0.5, 0.6) is 11.5 Å². The third-order valence-electron chi connectivity index (χ3n) is 7.13. The van der Waals surface area contributed by atoms with Gasteiger partial charge in [-0.25, -0.2) is 4.99 Å². The quantitative estimate of drug-likeness (QED) is 0.455. The number of hydrogen-bond acceptors (Lipinski definition) is 7. The maximum absolute atomic E-state index is 13.9. The van der Waals surface area contributed by atoms with Crippen molar-refractivity contribution in [3.8, 4) is 11.5 Å². The summed E-state index contributed by atoms with van der Waals surface area (Å²) < 4.78 is 11.6. The third kappa shape index (κ3) is 5.74. The summed E-state index contributed by atoms with van der Waals surface area (Å²) in [4.78, 5) is 37.8. The Labute approximate surface area is 234 Å². The van der Waals surface area contributed by atoms with E-state index >= 15 is 0 Å². The number of hydrogen-bond donors (Lipinski definition) is 0. The average Bonchev–Trinajstić information content (AvgIpc) is 3.35. The molecule has 1 fully saturated rings. The molecule has 9 heteroatoms. The van der Waals surface area contributed by atoms with Crippen LogP contribution in [0.25, 0.3) is 0 Å². The van der Waals surface area contributed by atoms with Crippen molar-refractivity contribution >= 4 is 28.7 Å². The summed E-state index contributed by atoms with van der Waals surface area (Å²) in [5, 5.41) is 2.76. The van der Waals surface area contributed by atoms with Crippen molar-refractivity contribution in [1.29, 1.82) is 0 Å². The topological polar surface area (TPSA) is 74.7 Å². The first-order valence-electron chi connectivity index (χ1n) is 13.4. The van der Waals surface area contributed by atoms with Gasteiger partial charge in [0.1, 0.15) is 11.5 Å². The molecule has 2 aromatic rings. The number of fused-ring (bicyclic) bond motifs is 1. The fraction of sp³-hybridized carbons (Fsp3) is 0.367. The van der Waals surface area contributed by atoms with Crippen molar-refractivity contribution in [2.75, 3.05) is 39.4 Å². The Balaban J connectivity index is 1.52. The molecule has 2 aromatic carbocycles. The van der Waals surface area contributed by atoms with Crippen LogP contribution in [0.4, 0.5) is 0 Å². The number of nitrogens with zero attached hydrogens (tertiary/aromatic N) is 4. The van der Waals surface area contributed by atoms with Crippen LogP contribution in [0.15, 0.2) is 82.0 Å². The smallest absolute Gasteiger partial charge is 0.254 e. The van der Waals surface area contributed by atoms with E-state index in [0.29, 0.717) is 56.4 Å². The highest BCUT2D eigenvalue weighted by atomic mass is 32.2. The number of rotatable bonds is 8. The molecule has 0 N–H and O–H groups in total. The van der Waals surface area contributed by atoms with Gasteiger partial charge in [0.15, 0.2) is 5.17 Å². The summed E-state index contributed by atoms with van der Waals surface area (Å²) in [6, 6.07) is 17.0. The molecule has 1 atom stereocenters. The molecule has 5 rings (SSSR count). The number of likely N-dealkylation sites (N-methyl/N-ethyl adjacent to an activating group) is 1. The lowest BCUT2D eigenvalue weighted by molar-refractivity contribution is -0.134. The van der Waals surface area contributed by atoms with Gasteiger partial charge in [0.05, 0.1) is 36.9 Å². The Hall–Kier alpha value is -3.56. The Morgan fingerprint density at radius 3 is 2.49 bits per heavy atom. The second kappa shape index (κ2) is 12.1. The highest BCUT2D eigenvalue weighted by molar-refractivity contribution is 8.16. The van der Waals surface area contributed by atoms with Gasteiger partial charge in [0.25, 0.3) is 5.91 Å². The van der Waals surface area contributed by atoms with Crippen molar-refractivity contribution in [1.82, 2.24) is 14.7 Å². The van der Waals surface area contributed by atoms with E-state index in [0.717, 1.165) is 22.2 Å². The maximum atomic E-state index is 13.9. The molecular formula is C30H34N4O4S. The fourth-order valence-electron chi connectivity index (χ4n) is 5.09. The zero-order valence-corrected chi connectivity index (χ0v) is 23.4. The molecule has 1 saturated heterocycles. The number of ether oxygens (including phenoxy) is 2. The molecule has 39 heavy (non-hydrogen) atoms. The van der Waals surface area contributed by atoms with Gasteiger partial charge in [-0.05, 0) is 56.0 Å². The minimum atomic E-state index is -0.441. The average molecular weight is 547 g/mol. The van der Waals surface area contributed by atoms with Gasteiger partial charge < -0.3 is 24.2 Å². The van der Waals surface area contributed by atoms with Crippen LogP contribution in [0.1, 0.15) is 38.8 Å². The van der Waals surface area contributed by atoms with Crippen LogP contribution >= 0.6 is 11.8 Å². The molecule has 0 aromatic heterocycles. The summed E-state index contributed by atoms with van der Waals surface area (Å²) in [5.41, 5.74) is 3.05. The number of thioether (sulfide) groups is 1. The van der Waals surface area contributed by atoms with Gasteiger partial charge in [-0.15, -0.1) is 0 Å². The summed E-state index contributed by atoms with van der Waals surface area (Å²) in [6.07, 6.45) is 0.231. The van der Waals surface area contributed by atoms with Crippen LogP contribution in [0.3, 0.4) is 0 Å². The Morgan fingerprint density at radius 1 is 1.05 bits per heavy atom. The molecule has 1 unspecified atom stereocenters. The Morgan fingerprint density at radius 2 is 1.77 bits per heavy atom. The molecule has 8 nitrogen and oxygen atoms in total. The van der Waals surface area contributed by atoms with E-state index in [9.17, 15) is 9.59 Å². The van der Waals surface area contributed by atoms with Crippen LogP contribution in [0, 0.1) is 0 Å². The molecule has 204 valence electrons. The van der Waals surface area contributed by atoms with Crippen molar-refractivity contribution in [3.63, 3.8) is 0 Å². The lowest BCUT2D eigenvalue weighted by Gasteiger charge is -2.38. The number of para-hydroxylation sites is 1. The highest BCUT2D eigenvalue weighted by Gasteiger charge is 2.41. The van der Waals surface area contributed by atoms with Crippen molar-refractivity contribution in [3.05, 3.63) is 82.5 Å². The largest absolute Gasteiger partial charge is 0.457 e. The van der Waals surface area contributed by atoms with E-state index in [2.05, 4.69) is 4.90 Å². The lowest BCUT2D eigenvalue weighted by atomic mass is 9.92. The van der Waals surface area contributed by atoms with Crippen molar-refractivity contribution in [2.45, 2.75) is 33.2 Å².